The quantitative estimate of drug-likeness (QED) is 0.0561. The van der Waals surface area contributed by atoms with Gasteiger partial charge in [0.05, 0.1) is 130 Å². The number of unbranched alkanes of at least 4 members (excludes halogenated alkanes) is 2. The van der Waals surface area contributed by atoms with Gasteiger partial charge in [0.2, 0.25) is 17.7 Å². The Hall–Kier alpha value is -3.92. The summed E-state index contributed by atoms with van der Waals surface area (Å²) in [7, 11) is 1.30. The number of carbonyl (C=O) groups is 6. The molecule has 0 aromatic heterocycles. The van der Waals surface area contributed by atoms with Crippen LogP contribution in [0.4, 0.5) is 5.69 Å². The maximum absolute atomic E-state index is 13.2. The van der Waals surface area contributed by atoms with Crippen molar-refractivity contribution in [2.75, 3.05) is 131 Å². The molecule has 1 atom stereocenters. The molecule has 2 heterocycles. The van der Waals surface area contributed by atoms with Gasteiger partial charge >= 0.3 is 5.97 Å². The molecule has 57 heavy (non-hydrogen) atoms. The Bertz CT molecular complexity index is 1400. The predicted octanol–water partition coefficient (Wildman–Crippen LogP) is 0.909. The molecule has 1 aromatic rings. The van der Waals surface area contributed by atoms with E-state index in [1.165, 1.54) is 13.2 Å². The van der Waals surface area contributed by atoms with E-state index in [0.717, 1.165) is 17.7 Å². The summed E-state index contributed by atoms with van der Waals surface area (Å²) in [5.41, 5.74) is 0.371. The number of methoxy groups -OCH3 is 1. The van der Waals surface area contributed by atoms with E-state index in [9.17, 15) is 28.8 Å². The first kappa shape index (κ1) is 47.5. The molecule has 1 saturated heterocycles. The summed E-state index contributed by atoms with van der Waals surface area (Å²) in [4.78, 5) is 74.4. The first-order valence-corrected chi connectivity index (χ1v) is 19.2. The molecular weight excluding hydrogens is 754 g/mol. The molecule has 0 radical (unpaired) electrons. The van der Waals surface area contributed by atoms with E-state index < -0.39 is 35.6 Å². The third-order valence-electron chi connectivity index (χ3n) is 8.36. The lowest BCUT2D eigenvalue weighted by Gasteiger charge is -2.27. The number of fused-ring (bicyclic) bond motifs is 1. The number of carbonyl (C=O) groups excluding carboxylic acids is 6. The highest BCUT2D eigenvalue weighted by atomic mass is 16.6. The first-order chi connectivity index (χ1) is 27.8. The van der Waals surface area contributed by atoms with Crippen molar-refractivity contribution in [1.82, 2.24) is 10.2 Å². The van der Waals surface area contributed by atoms with Crippen LogP contribution in [0.3, 0.4) is 0 Å². The minimum atomic E-state index is -1.08. The van der Waals surface area contributed by atoms with Crippen LogP contribution in [-0.4, -0.2) is 172 Å². The van der Waals surface area contributed by atoms with Gasteiger partial charge in [0.25, 0.3) is 11.8 Å². The predicted molar refractivity (Wildman–Crippen MR) is 200 cm³/mol. The summed E-state index contributed by atoms with van der Waals surface area (Å²) in [6, 6.07) is 3.52. The van der Waals surface area contributed by atoms with Crippen LogP contribution >= 0.6 is 0 Å². The number of amides is 5. The molecule has 1 aromatic carbocycles. The van der Waals surface area contributed by atoms with E-state index in [1.54, 1.807) is 12.1 Å². The smallest absolute Gasteiger partial charge is 0.331 e. The standard InChI is InChI=1S/C38H57N3O16/c1-48-34(44)28-57-27-26-56-25-24-55-23-22-54-21-20-53-19-18-52-17-16-51-15-14-50-13-12-49-11-4-2-3-8-32(42)39-30-7-5-6-29-35(30)38(47)41(37(29)46)31-9-10-33(43)40-36(31)45/h5-7,31H,2-4,8-28H2,1H3,(H,39,42)(H,40,43,45). The number of hydrogen-bond donors (Lipinski definition) is 2. The molecule has 19 heteroatoms. The van der Waals surface area contributed by atoms with Crippen LogP contribution in [0.5, 0.6) is 0 Å². The number of piperidine rings is 1. The Labute approximate surface area is 332 Å². The van der Waals surface area contributed by atoms with Crippen LogP contribution in [0.2, 0.25) is 0 Å². The van der Waals surface area contributed by atoms with Gasteiger partial charge in [0.1, 0.15) is 12.6 Å². The molecule has 3 rings (SSSR count). The fourth-order valence-corrected chi connectivity index (χ4v) is 5.47. The molecule has 2 N–H and O–H groups in total. The number of anilines is 1. The lowest BCUT2D eigenvalue weighted by Crippen LogP contribution is -2.54. The van der Waals surface area contributed by atoms with Crippen molar-refractivity contribution in [3.63, 3.8) is 0 Å². The van der Waals surface area contributed by atoms with E-state index in [1.807, 2.05) is 0 Å². The van der Waals surface area contributed by atoms with E-state index >= 15 is 0 Å². The number of imide groups is 2. The molecule has 19 nitrogen and oxygen atoms in total. The van der Waals surface area contributed by atoms with Crippen LogP contribution in [0.1, 0.15) is 59.2 Å². The second-order valence-corrected chi connectivity index (χ2v) is 12.6. The van der Waals surface area contributed by atoms with Gasteiger partial charge < -0.3 is 52.7 Å². The third-order valence-corrected chi connectivity index (χ3v) is 8.36. The van der Waals surface area contributed by atoms with E-state index in [4.69, 9.17) is 42.6 Å². The summed E-state index contributed by atoms with van der Waals surface area (Å²) in [5, 5.41) is 4.90. The zero-order valence-electron chi connectivity index (χ0n) is 32.8. The average molecular weight is 812 g/mol. The highest BCUT2D eigenvalue weighted by Gasteiger charge is 2.45. The molecular formula is C38H57N3O16. The molecule has 2 aliphatic heterocycles. The largest absolute Gasteiger partial charge is 0.467 e. The highest BCUT2D eigenvalue weighted by molar-refractivity contribution is 6.26. The monoisotopic (exact) mass is 811 g/mol. The number of nitrogens with zero attached hydrogens (tertiary/aromatic N) is 1. The Morgan fingerprint density at radius 2 is 1.14 bits per heavy atom. The summed E-state index contributed by atoms with van der Waals surface area (Å²) >= 11 is 0. The SMILES string of the molecule is COC(=O)COCCOCCOCCOCCOCCOCCOCCOCCOCCCCCC(=O)Nc1cccc2c1C(=O)N(C1CCC(=O)NC1=O)C2=O. The molecule has 5 amide bonds. The van der Waals surface area contributed by atoms with Crippen molar-refractivity contribution in [2.45, 2.75) is 44.6 Å². The zero-order valence-corrected chi connectivity index (χ0v) is 32.8. The third kappa shape index (κ3) is 18.9. The minimum absolute atomic E-state index is 0.0256. The van der Waals surface area contributed by atoms with E-state index in [0.29, 0.717) is 119 Å². The molecule has 1 fully saturated rings. The van der Waals surface area contributed by atoms with Crippen molar-refractivity contribution >= 4 is 41.2 Å². The normalized spacial score (nSPS) is 15.2. The van der Waals surface area contributed by atoms with Gasteiger partial charge in [-0.05, 0) is 31.4 Å². The number of benzene rings is 1. The van der Waals surface area contributed by atoms with Crippen molar-refractivity contribution < 1.29 is 76.1 Å². The number of esters is 1. The fourth-order valence-electron chi connectivity index (χ4n) is 5.47. The summed E-state index contributed by atoms with van der Waals surface area (Å²) in [5.74, 6) is -3.15. The molecule has 0 aliphatic carbocycles. The van der Waals surface area contributed by atoms with Gasteiger partial charge in [0.15, 0.2) is 0 Å². The number of nitrogens with one attached hydrogen (secondary N) is 2. The second-order valence-electron chi connectivity index (χ2n) is 12.6. The summed E-state index contributed by atoms with van der Waals surface area (Å²) in [6.07, 6.45) is 2.43. The number of rotatable bonds is 34. The van der Waals surface area contributed by atoms with Crippen molar-refractivity contribution in [3.05, 3.63) is 29.3 Å². The topological polar surface area (TPSA) is 222 Å². The van der Waals surface area contributed by atoms with Gasteiger partial charge in [-0.2, -0.15) is 0 Å². The Morgan fingerprint density at radius 1 is 0.649 bits per heavy atom. The summed E-state index contributed by atoms with van der Waals surface area (Å²) < 4.78 is 53.2. The Balaban J connectivity index is 1.03. The van der Waals surface area contributed by atoms with Crippen LogP contribution in [0.25, 0.3) is 0 Å². The van der Waals surface area contributed by atoms with E-state index in [-0.39, 0.29) is 48.6 Å². The molecule has 0 bridgehead atoms. The molecule has 2 aliphatic rings. The fraction of sp³-hybridized carbons (Fsp3) is 0.684. The van der Waals surface area contributed by atoms with Crippen LogP contribution in [0.15, 0.2) is 18.2 Å². The van der Waals surface area contributed by atoms with Gasteiger partial charge in [-0.25, -0.2) is 4.79 Å². The van der Waals surface area contributed by atoms with Gasteiger partial charge in [-0.1, -0.05) is 12.5 Å². The van der Waals surface area contributed by atoms with Gasteiger partial charge in [-0.15, -0.1) is 0 Å². The maximum Gasteiger partial charge on any atom is 0.331 e. The van der Waals surface area contributed by atoms with Crippen molar-refractivity contribution in [3.8, 4) is 0 Å². The van der Waals surface area contributed by atoms with Crippen LogP contribution < -0.4 is 10.6 Å². The second kappa shape index (κ2) is 29.3. The Kier molecular flexibility index (Phi) is 24.4. The van der Waals surface area contributed by atoms with Crippen LogP contribution in [-0.2, 0) is 66.5 Å². The molecule has 0 saturated carbocycles. The molecule has 1 unspecified atom stereocenters. The first-order valence-electron chi connectivity index (χ1n) is 19.2. The maximum atomic E-state index is 13.2. The number of ether oxygens (including phenoxy) is 10. The lowest BCUT2D eigenvalue weighted by molar-refractivity contribution is -0.146. The van der Waals surface area contributed by atoms with Crippen LogP contribution in [0, 0.1) is 0 Å². The van der Waals surface area contributed by atoms with Crippen molar-refractivity contribution in [2.24, 2.45) is 0 Å². The molecule has 0 spiro atoms. The summed E-state index contributed by atoms with van der Waals surface area (Å²) in [6.45, 7) is 7.38. The average Bonchev–Trinajstić information content (AvgIpc) is 3.45. The van der Waals surface area contributed by atoms with Crippen molar-refractivity contribution in [1.29, 1.82) is 0 Å². The highest BCUT2D eigenvalue weighted by Crippen LogP contribution is 2.32. The van der Waals surface area contributed by atoms with Gasteiger partial charge in [-0.3, -0.25) is 34.2 Å². The Morgan fingerprint density at radius 3 is 1.63 bits per heavy atom. The zero-order chi connectivity index (χ0) is 40.9. The molecule has 320 valence electrons. The minimum Gasteiger partial charge on any atom is -0.467 e. The lowest BCUT2D eigenvalue weighted by atomic mass is 10.0. The van der Waals surface area contributed by atoms with E-state index in [2.05, 4.69) is 15.4 Å². The van der Waals surface area contributed by atoms with Gasteiger partial charge in [0, 0.05) is 19.4 Å². The number of hydrogen-bond acceptors (Lipinski definition) is 16.